The highest BCUT2D eigenvalue weighted by Gasteiger charge is 2.14. The van der Waals surface area contributed by atoms with Gasteiger partial charge in [-0.05, 0) is 26.0 Å². The molecule has 2 heterocycles. The first-order chi connectivity index (χ1) is 11.6. The smallest absolute Gasteiger partial charge is 0.255 e. The number of aromatic nitrogens is 4. The number of rotatable bonds is 8. The third-order valence-corrected chi connectivity index (χ3v) is 3.39. The fourth-order valence-electron chi connectivity index (χ4n) is 2.16. The highest BCUT2D eigenvalue weighted by atomic mass is 16.2. The molecule has 8 heteroatoms. The van der Waals surface area contributed by atoms with Gasteiger partial charge in [0.15, 0.2) is 11.6 Å². The zero-order chi connectivity index (χ0) is 17.4. The number of H-pyrrole nitrogens is 1. The number of nitrogens with one attached hydrogen (secondary N) is 3. The first-order valence-corrected chi connectivity index (χ1v) is 7.96. The summed E-state index contributed by atoms with van der Waals surface area (Å²) in [5.41, 5.74) is 0.512. The van der Waals surface area contributed by atoms with Gasteiger partial charge >= 0.3 is 0 Å². The minimum absolute atomic E-state index is 0.00211. The second-order valence-electron chi connectivity index (χ2n) is 5.33. The molecule has 0 unspecified atom stereocenters. The van der Waals surface area contributed by atoms with E-state index < -0.39 is 0 Å². The van der Waals surface area contributed by atoms with E-state index in [0.29, 0.717) is 36.0 Å². The quantitative estimate of drug-likeness (QED) is 0.596. The molecule has 0 saturated carbocycles. The van der Waals surface area contributed by atoms with Crippen LogP contribution in [0.2, 0.25) is 0 Å². The number of hydrogen-bond donors (Lipinski definition) is 3. The SMILES string of the molecule is CCCNCCNC(=O)Cc1c(C)nc(-c2ncccn2)[nH]c1=O. The largest absolute Gasteiger partial charge is 0.355 e. The van der Waals surface area contributed by atoms with Crippen molar-refractivity contribution in [2.24, 2.45) is 0 Å². The number of aryl methyl sites for hydroxylation is 1. The minimum atomic E-state index is -0.343. The zero-order valence-electron chi connectivity index (χ0n) is 13.9. The van der Waals surface area contributed by atoms with Crippen molar-refractivity contribution < 1.29 is 4.79 Å². The van der Waals surface area contributed by atoms with E-state index in [2.05, 4.69) is 37.5 Å². The molecule has 0 bridgehead atoms. The van der Waals surface area contributed by atoms with Gasteiger partial charge in [0.2, 0.25) is 5.91 Å². The molecule has 0 saturated heterocycles. The summed E-state index contributed by atoms with van der Waals surface area (Å²) in [6.45, 7) is 5.93. The fourth-order valence-corrected chi connectivity index (χ4v) is 2.16. The Morgan fingerprint density at radius 1 is 1.21 bits per heavy atom. The molecule has 3 N–H and O–H groups in total. The van der Waals surface area contributed by atoms with E-state index >= 15 is 0 Å². The van der Waals surface area contributed by atoms with Gasteiger partial charge < -0.3 is 15.6 Å². The number of hydrogen-bond acceptors (Lipinski definition) is 6. The second kappa shape index (κ2) is 8.88. The number of amides is 1. The average molecular weight is 330 g/mol. The number of nitrogens with zero attached hydrogens (tertiary/aromatic N) is 3. The summed E-state index contributed by atoms with van der Waals surface area (Å²) in [6, 6.07) is 1.68. The molecular weight excluding hydrogens is 308 g/mol. The van der Waals surface area contributed by atoms with Gasteiger partial charge in [-0.3, -0.25) is 9.59 Å². The van der Waals surface area contributed by atoms with E-state index in [1.807, 2.05) is 0 Å². The van der Waals surface area contributed by atoms with E-state index in [0.717, 1.165) is 13.0 Å². The fraction of sp³-hybridized carbons (Fsp3) is 0.438. The average Bonchev–Trinajstić information content (AvgIpc) is 2.58. The first kappa shape index (κ1) is 17.7. The molecule has 2 aromatic heterocycles. The Labute approximate surface area is 140 Å². The van der Waals surface area contributed by atoms with Crippen molar-refractivity contribution in [1.82, 2.24) is 30.6 Å². The van der Waals surface area contributed by atoms with Gasteiger partial charge in [0.05, 0.1) is 6.42 Å². The van der Waals surface area contributed by atoms with Gasteiger partial charge in [-0.1, -0.05) is 6.92 Å². The summed E-state index contributed by atoms with van der Waals surface area (Å²) in [7, 11) is 0. The maximum atomic E-state index is 12.2. The maximum absolute atomic E-state index is 12.2. The Bertz CT molecular complexity index is 729. The monoisotopic (exact) mass is 330 g/mol. The molecule has 0 fully saturated rings. The molecule has 2 aromatic rings. The van der Waals surface area contributed by atoms with Crippen LogP contribution in [0.5, 0.6) is 0 Å². The zero-order valence-corrected chi connectivity index (χ0v) is 13.9. The summed E-state index contributed by atoms with van der Waals surface area (Å²) in [4.78, 5) is 39.3. The Morgan fingerprint density at radius 2 is 1.96 bits per heavy atom. The van der Waals surface area contributed by atoms with Gasteiger partial charge in [-0.25, -0.2) is 15.0 Å². The van der Waals surface area contributed by atoms with Crippen LogP contribution in [0.1, 0.15) is 24.6 Å². The first-order valence-electron chi connectivity index (χ1n) is 7.96. The molecule has 128 valence electrons. The van der Waals surface area contributed by atoms with E-state index in [-0.39, 0.29) is 17.9 Å². The Morgan fingerprint density at radius 3 is 2.62 bits per heavy atom. The highest BCUT2D eigenvalue weighted by Crippen LogP contribution is 2.08. The van der Waals surface area contributed by atoms with E-state index in [1.54, 1.807) is 25.4 Å². The van der Waals surface area contributed by atoms with Crippen LogP contribution in [0.3, 0.4) is 0 Å². The maximum Gasteiger partial charge on any atom is 0.255 e. The lowest BCUT2D eigenvalue weighted by Gasteiger charge is -2.08. The molecule has 0 aromatic carbocycles. The van der Waals surface area contributed by atoms with Gasteiger partial charge in [-0.15, -0.1) is 0 Å². The third kappa shape index (κ3) is 4.95. The predicted molar refractivity (Wildman–Crippen MR) is 90.5 cm³/mol. The normalized spacial score (nSPS) is 10.6. The van der Waals surface area contributed by atoms with E-state index in [4.69, 9.17) is 0 Å². The summed E-state index contributed by atoms with van der Waals surface area (Å²) in [6.07, 6.45) is 4.20. The number of carbonyl (C=O) groups excluding carboxylic acids is 1. The Balaban J connectivity index is 2.01. The van der Waals surface area contributed by atoms with Crippen LogP contribution in [0.4, 0.5) is 0 Å². The van der Waals surface area contributed by atoms with Crippen molar-refractivity contribution in [3.8, 4) is 11.6 Å². The molecule has 0 aliphatic heterocycles. The van der Waals surface area contributed by atoms with Crippen molar-refractivity contribution in [3.05, 3.63) is 40.1 Å². The lowest BCUT2D eigenvalue weighted by Crippen LogP contribution is -2.34. The summed E-state index contributed by atoms with van der Waals surface area (Å²) in [5.74, 6) is 0.439. The standard InChI is InChI=1S/C16H22N6O2/c1-3-5-17-8-9-18-13(23)10-12-11(2)21-15(22-16(12)24)14-19-6-4-7-20-14/h4,6-7,17H,3,5,8-10H2,1-2H3,(H,18,23)(H,21,22,24). The predicted octanol–water partition coefficient (Wildman–Crippen LogP) is 0.194. The molecule has 8 nitrogen and oxygen atoms in total. The summed E-state index contributed by atoms with van der Waals surface area (Å²) < 4.78 is 0. The molecule has 0 radical (unpaired) electrons. The van der Waals surface area contributed by atoms with E-state index in [9.17, 15) is 9.59 Å². The van der Waals surface area contributed by atoms with Crippen molar-refractivity contribution in [3.63, 3.8) is 0 Å². The highest BCUT2D eigenvalue weighted by molar-refractivity contribution is 5.78. The number of aromatic amines is 1. The van der Waals surface area contributed by atoms with Crippen LogP contribution in [-0.2, 0) is 11.2 Å². The van der Waals surface area contributed by atoms with Crippen LogP contribution in [0.25, 0.3) is 11.6 Å². The lowest BCUT2D eigenvalue weighted by molar-refractivity contribution is -0.120. The van der Waals surface area contributed by atoms with Crippen LogP contribution >= 0.6 is 0 Å². The van der Waals surface area contributed by atoms with Crippen molar-refractivity contribution in [2.45, 2.75) is 26.7 Å². The Hall–Kier alpha value is -2.61. The minimum Gasteiger partial charge on any atom is -0.355 e. The molecule has 24 heavy (non-hydrogen) atoms. The van der Waals surface area contributed by atoms with Crippen LogP contribution in [-0.4, -0.2) is 45.5 Å². The van der Waals surface area contributed by atoms with Crippen LogP contribution in [0.15, 0.2) is 23.3 Å². The Kier molecular flexibility index (Phi) is 6.56. The topological polar surface area (TPSA) is 113 Å². The van der Waals surface area contributed by atoms with Gasteiger partial charge in [-0.2, -0.15) is 0 Å². The molecule has 1 amide bonds. The third-order valence-electron chi connectivity index (χ3n) is 3.39. The van der Waals surface area contributed by atoms with Crippen molar-refractivity contribution in [2.75, 3.05) is 19.6 Å². The van der Waals surface area contributed by atoms with Crippen LogP contribution < -0.4 is 16.2 Å². The van der Waals surface area contributed by atoms with Gasteiger partial charge in [0.25, 0.3) is 5.56 Å². The second-order valence-corrected chi connectivity index (χ2v) is 5.33. The molecule has 0 aliphatic rings. The number of carbonyl (C=O) groups is 1. The molecule has 0 atom stereocenters. The van der Waals surface area contributed by atoms with Crippen LogP contribution in [0, 0.1) is 6.92 Å². The summed E-state index contributed by atoms with van der Waals surface area (Å²) in [5, 5.41) is 5.98. The van der Waals surface area contributed by atoms with Crippen molar-refractivity contribution >= 4 is 5.91 Å². The molecule has 0 aliphatic carbocycles. The lowest BCUT2D eigenvalue weighted by atomic mass is 10.1. The summed E-state index contributed by atoms with van der Waals surface area (Å²) >= 11 is 0. The molecular formula is C16H22N6O2. The molecule has 0 spiro atoms. The molecule has 2 rings (SSSR count). The van der Waals surface area contributed by atoms with Gasteiger partial charge in [0.1, 0.15) is 0 Å². The van der Waals surface area contributed by atoms with E-state index in [1.165, 1.54) is 0 Å². The van der Waals surface area contributed by atoms with Gasteiger partial charge in [0, 0.05) is 36.7 Å². The van der Waals surface area contributed by atoms with Crippen molar-refractivity contribution in [1.29, 1.82) is 0 Å².